The minimum absolute atomic E-state index is 0.332. The second-order valence-corrected chi connectivity index (χ2v) is 4.50. The van der Waals surface area contributed by atoms with Crippen LogP contribution in [0.4, 0.5) is 0 Å². The highest BCUT2D eigenvalue weighted by molar-refractivity contribution is 5.89. The van der Waals surface area contributed by atoms with Gasteiger partial charge in [0.15, 0.2) is 0 Å². The van der Waals surface area contributed by atoms with Crippen molar-refractivity contribution in [3.63, 3.8) is 0 Å². The zero-order chi connectivity index (χ0) is 13.0. The zero-order valence-corrected chi connectivity index (χ0v) is 10.9. The van der Waals surface area contributed by atoms with Crippen molar-refractivity contribution in [1.82, 2.24) is 4.90 Å². The highest BCUT2D eigenvalue weighted by atomic mass is 16.5. The normalized spacial score (nSPS) is 15.7. The van der Waals surface area contributed by atoms with Gasteiger partial charge in [0.2, 0.25) is 0 Å². The van der Waals surface area contributed by atoms with Gasteiger partial charge in [-0.3, -0.25) is 4.90 Å². The van der Waals surface area contributed by atoms with Crippen molar-refractivity contribution in [2.45, 2.75) is 19.4 Å². The monoisotopic (exact) mass is 249 g/mol. The Morgan fingerprint density at radius 3 is 2.61 bits per heavy atom. The van der Waals surface area contributed by atoms with E-state index < -0.39 is 0 Å². The molecule has 0 spiro atoms. The fourth-order valence-electron chi connectivity index (χ4n) is 2.30. The van der Waals surface area contributed by atoms with Gasteiger partial charge in [-0.25, -0.2) is 4.79 Å². The molecule has 1 fully saturated rings. The molecule has 0 atom stereocenters. The number of rotatable bonds is 4. The van der Waals surface area contributed by atoms with Crippen LogP contribution in [0.25, 0.3) is 0 Å². The molecule has 1 aliphatic rings. The lowest BCUT2D eigenvalue weighted by atomic mass is 10.1. The number of ether oxygens (including phenoxy) is 2. The van der Waals surface area contributed by atoms with Gasteiger partial charge < -0.3 is 9.47 Å². The average Bonchev–Trinajstić information content (AvgIpc) is 2.91. The van der Waals surface area contributed by atoms with E-state index in [1.165, 1.54) is 20.0 Å². The van der Waals surface area contributed by atoms with Crippen LogP contribution in [-0.2, 0) is 11.3 Å². The molecule has 0 aromatic heterocycles. The number of hydrogen-bond acceptors (Lipinski definition) is 4. The van der Waals surface area contributed by atoms with E-state index in [4.69, 9.17) is 9.47 Å². The van der Waals surface area contributed by atoms with E-state index in [-0.39, 0.29) is 5.97 Å². The van der Waals surface area contributed by atoms with Crippen LogP contribution in [0.15, 0.2) is 18.2 Å². The lowest BCUT2D eigenvalue weighted by Crippen LogP contribution is -2.19. The van der Waals surface area contributed by atoms with Gasteiger partial charge in [-0.15, -0.1) is 0 Å². The summed E-state index contributed by atoms with van der Waals surface area (Å²) >= 11 is 0. The Morgan fingerprint density at radius 2 is 2.00 bits per heavy atom. The first-order chi connectivity index (χ1) is 8.74. The van der Waals surface area contributed by atoms with Gasteiger partial charge >= 0.3 is 5.97 Å². The maximum absolute atomic E-state index is 11.4. The SMILES string of the molecule is COC(=O)c1ccc(CN2CCCC2)c(OC)c1. The first-order valence-electron chi connectivity index (χ1n) is 6.22. The van der Waals surface area contributed by atoms with Crippen molar-refractivity contribution in [3.05, 3.63) is 29.3 Å². The topological polar surface area (TPSA) is 38.8 Å². The molecule has 0 saturated carbocycles. The Kier molecular flexibility index (Phi) is 4.20. The van der Waals surface area contributed by atoms with E-state index in [1.807, 2.05) is 6.07 Å². The van der Waals surface area contributed by atoms with Gasteiger partial charge in [0.25, 0.3) is 0 Å². The Labute approximate surface area is 107 Å². The van der Waals surface area contributed by atoms with Crippen LogP contribution in [0.3, 0.4) is 0 Å². The summed E-state index contributed by atoms with van der Waals surface area (Å²) in [6.07, 6.45) is 2.53. The standard InChI is InChI=1S/C14H19NO3/c1-17-13-9-11(14(16)18-2)5-6-12(13)10-15-7-3-4-8-15/h5-6,9H,3-4,7-8,10H2,1-2H3. The Morgan fingerprint density at radius 1 is 1.28 bits per heavy atom. The molecule has 1 aliphatic heterocycles. The van der Waals surface area contributed by atoms with Gasteiger partial charge in [-0.05, 0) is 38.1 Å². The predicted molar refractivity (Wildman–Crippen MR) is 68.8 cm³/mol. The van der Waals surface area contributed by atoms with Gasteiger partial charge in [0.05, 0.1) is 19.8 Å². The zero-order valence-electron chi connectivity index (χ0n) is 10.9. The van der Waals surface area contributed by atoms with Crippen LogP contribution in [0, 0.1) is 0 Å². The summed E-state index contributed by atoms with van der Waals surface area (Å²) in [6.45, 7) is 3.16. The Bertz CT molecular complexity index is 425. The second kappa shape index (κ2) is 5.87. The third kappa shape index (κ3) is 2.82. The highest BCUT2D eigenvalue weighted by Crippen LogP contribution is 2.23. The van der Waals surface area contributed by atoms with Crippen molar-refractivity contribution in [2.24, 2.45) is 0 Å². The maximum Gasteiger partial charge on any atom is 0.337 e. The first-order valence-corrected chi connectivity index (χ1v) is 6.22. The van der Waals surface area contributed by atoms with Gasteiger partial charge in [0.1, 0.15) is 5.75 Å². The van der Waals surface area contributed by atoms with Crippen molar-refractivity contribution in [2.75, 3.05) is 27.3 Å². The van der Waals surface area contributed by atoms with Crippen molar-refractivity contribution in [3.8, 4) is 5.75 Å². The molecule has 0 radical (unpaired) electrons. The van der Waals surface area contributed by atoms with Crippen LogP contribution in [0.2, 0.25) is 0 Å². The maximum atomic E-state index is 11.4. The minimum Gasteiger partial charge on any atom is -0.496 e. The number of esters is 1. The molecule has 1 heterocycles. The summed E-state index contributed by atoms with van der Waals surface area (Å²) in [5.41, 5.74) is 1.64. The molecule has 98 valence electrons. The molecule has 4 nitrogen and oxygen atoms in total. The smallest absolute Gasteiger partial charge is 0.337 e. The molecule has 2 rings (SSSR count). The molecular formula is C14H19NO3. The highest BCUT2D eigenvalue weighted by Gasteiger charge is 2.15. The van der Waals surface area contributed by atoms with Gasteiger partial charge in [-0.1, -0.05) is 6.07 Å². The lowest BCUT2D eigenvalue weighted by molar-refractivity contribution is 0.0600. The predicted octanol–water partition coefficient (Wildman–Crippen LogP) is 2.08. The Hall–Kier alpha value is -1.55. The molecule has 1 aromatic rings. The molecule has 1 aromatic carbocycles. The van der Waals surface area contributed by atoms with E-state index in [1.54, 1.807) is 19.2 Å². The number of hydrogen-bond donors (Lipinski definition) is 0. The van der Waals surface area contributed by atoms with Crippen LogP contribution >= 0.6 is 0 Å². The summed E-state index contributed by atoms with van der Waals surface area (Å²) in [5, 5.41) is 0. The number of carbonyl (C=O) groups excluding carboxylic acids is 1. The van der Waals surface area contributed by atoms with Crippen LogP contribution < -0.4 is 4.74 Å². The van der Waals surface area contributed by atoms with E-state index in [2.05, 4.69) is 4.90 Å². The summed E-state index contributed by atoms with van der Waals surface area (Å²) in [7, 11) is 3.01. The van der Waals surface area contributed by atoms with Crippen LogP contribution in [0.1, 0.15) is 28.8 Å². The summed E-state index contributed by atoms with van der Waals surface area (Å²) in [5.74, 6) is 0.422. The molecule has 0 amide bonds. The summed E-state index contributed by atoms with van der Waals surface area (Å²) < 4.78 is 10.1. The summed E-state index contributed by atoms with van der Waals surface area (Å²) in [6, 6.07) is 5.49. The summed E-state index contributed by atoms with van der Waals surface area (Å²) in [4.78, 5) is 13.8. The minimum atomic E-state index is -0.332. The number of carbonyl (C=O) groups is 1. The van der Waals surface area contributed by atoms with E-state index in [9.17, 15) is 4.79 Å². The van der Waals surface area contributed by atoms with Crippen LogP contribution in [-0.4, -0.2) is 38.2 Å². The van der Waals surface area contributed by atoms with Crippen LogP contribution in [0.5, 0.6) is 5.75 Å². The van der Waals surface area contributed by atoms with E-state index in [0.29, 0.717) is 5.56 Å². The number of likely N-dealkylation sites (tertiary alicyclic amines) is 1. The van der Waals surface area contributed by atoms with Crippen molar-refractivity contribution < 1.29 is 14.3 Å². The van der Waals surface area contributed by atoms with Crippen molar-refractivity contribution >= 4 is 5.97 Å². The molecule has 0 N–H and O–H groups in total. The lowest BCUT2D eigenvalue weighted by Gasteiger charge is -2.17. The molecule has 0 aliphatic carbocycles. The third-order valence-electron chi connectivity index (χ3n) is 3.30. The molecule has 18 heavy (non-hydrogen) atoms. The molecular weight excluding hydrogens is 230 g/mol. The number of methoxy groups -OCH3 is 2. The quantitative estimate of drug-likeness (QED) is 0.766. The van der Waals surface area contributed by atoms with E-state index in [0.717, 1.165) is 30.9 Å². The molecule has 1 saturated heterocycles. The van der Waals surface area contributed by atoms with E-state index >= 15 is 0 Å². The fourth-order valence-corrected chi connectivity index (χ4v) is 2.30. The largest absolute Gasteiger partial charge is 0.496 e. The number of benzene rings is 1. The van der Waals surface area contributed by atoms with Crippen molar-refractivity contribution in [1.29, 1.82) is 0 Å². The molecule has 0 bridgehead atoms. The Balaban J connectivity index is 2.17. The van der Waals surface area contributed by atoms with Gasteiger partial charge in [0, 0.05) is 12.1 Å². The fraction of sp³-hybridized carbons (Fsp3) is 0.500. The molecule has 0 unspecified atom stereocenters. The molecule has 4 heteroatoms. The average molecular weight is 249 g/mol. The first kappa shape index (κ1) is 12.9. The van der Waals surface area contributed by atoms with Gasteiger partial charge in [-0.2, -0.15) is 0 Å². The third-order valence-corrected chi connectivity index (χ3v) is 3.30. The number of nitrogens with zero attached hydrogens (tertiary/aromatic N) is 1. The second-order valence-electron chi connectivity index (χ2n) is 4.50.